The second kappa shape index (κ2) is 4.43. The van der Waals surface area contributed by atoms with Crippen molar-refractivity contribution in [3.05, 3.63) is 0 Å². The number of methoxy groups -OCH3 is 1. The largest absolute Gasteiger partial charge is 0.449 e. The van der Waals surface area contributed by atoms with Crippen molar-refractivity contribution in [2.24, 2.45) is 17.4 Å². The quantitative estimate of drug-likeness (QED) is 0.644. The van der Waals surface area contributed by atoms with Crippen LogP contribution in [0.15, 0.2) is 0 Å². The Balaban J connectivity index is 2.35. The summed E-state index contributed by atoms with van der Waals surface area (Å²) in [7, 11) is 1.64. The summed E-state index contributed by atoms with van der Waals surface area (Å²) in [6.07, 6.45) is 0.999. The van der Waals surface area contributed by atoms with E-state index in [4.69, 9.17) is 20.9 Å². The summed E-state index contributed by atoms with van der Waals surface area (Å²) in [5.74, 6) is 0.187. The third-order valence-electron chi connectivity index (χ3n) is 2.41. The predicted octanol–water partition coefficient (Wildman–Crippen LogP) is -0.166. The van der Waals surface area contributed by atoms with Crippen LogP contribution in [0.4, 0.5) is 4.79 Å². The van der Waals surface area contributed by atoms with E-state index >= 15 is 0 Å². The Morgan fingerprint density at radius 3 is 2.77 bits per heavy atom. The molecule has 0 aromatic heterocycles. The van der Waals surface area contributed by atoms with Crippen LogP contribution in [0.2, 0.25) is 0 Å². The molecule has 1 saturated carbocycles. The summed E-state index contributed by atoms with van der Waals surface area (Å²) >= 11 is 0. The molecule has 1 aliphatic carbocycles. The van der Waals surface area contributed by atoms with E-state index < -0.39 is 6.09 Å². The first kappa shape index (κ1) is 10.3. The first-order valence-corrected chi connectivity index (χ1v) is 4.34. The summed E-state index contributed by atoms with van der Waals surface area (Å²) in [6.45, 7) is 0.307. The molecule has 0 aromatic carbocycles. The van der Waals surface area contributed by atoms with Gasteiger partial charge in [-0.1, -0.05) is 0 Å². The van der Waals surface area contributed by atoms with Crippen molar-refractivity contribution < 1.29 is 14.3 Å². The minimum absolute atomic E-state index is 0.0920. The Labute approximate surface area is 77.4 Å². The number of rotatable bonds is 3. The molecule has 0 saturated heterocycles. The van der Waals surface area contributed by atoms with Gasteiger partial charge in [0.1, 0.15) is 0 Å². The van der Waals surface area contributed by atoms with Gasteiger partial charge < -0.3 is 20.9 Å². The van der Waals surface area contributed by atoms with E-state index in [1.807, 2.05) is 0 Å². The van der Waals surface area contributed by atoms with Crippen LogP contribution in [0.1, 0.15) is 12.8 Å². The van der Waals surface area contributed by atoms with Gasteiger partial charge in [-0.05, 0) is 12.8 Å². The number of ether oxygens (including phenoxy) is 2. The molecule has 1 aliphatic rings. The van der Waals surface area contributed by atoms with E-state index in [9.17, 15) is 4.79 Å². The fourth-order valence-electron chi connectivity index (χ4n) is 1.78. The van der Waals surface area contributed by atoms with E-state index in [0.717, 1.165) is 12.8 Å². The fourth-order valence-corrected chi connectivity index (χ4v) is 1.78. The zero-order valence-corrected chi connectivity index (χ0v) is 7.73. The van der Waals surface area contributed by atoms with E-state index in [1.54, 1.807) is 7.11 Å². The molecule has 3 atom stereocenters. The molecule has 13 heavy (non-hydrogen) atoms. The summed E-state index contributed by atoms with van der Waals surface area (Å²) in [4.78, 5) is 10.4. The Morgan fingerprint density at radius 1 is 1.54 bits per heavy atom. The Bertz CT molecular complexity index is 186. The molecule has 0 radical (unpaired) electrons. The van der Waals surface area contributed by atoms with Crippen LogP contribution in [0.25, 0.3) is 0 Å². The lowest BCUT2D eigenvalue weighted by molar-refractivity contribution is 0.0395. The highest BCUT2D eigenvalue weighted by atomic mass is 16.5. The molecule has 4 N–H and O–H groups in total. The number of carbonyl (C=O) groups is 1. The maximum absolute atomic E-state index is 10.4. The van der Waals surface area contributed by atoms with Crippen LogP contribution in [0.3, 0.4) is 0 Å². The van der Waals surface area contributed by atoms with E-state index in [2.05, 4.69) is 0 Å². The normalized spacial score (nSPS) is 33.2. The Morgan fingerprint density at radius 2 is 2.23 bits per heavy atom. The van der Waals surface area contributed by atoms with Crippen molar-refractivity contribution in [2.75, 3.05) is 13.7 Å². The van der Waals surface area contributed by atoms with E-state index in [-0.39, 0.29) is 18.1 Å². The molecule has 76 valence electrons. The van der Waals surface area contributed by atoms with Crippen LogP contribution >= 0.6 is 0 Å². The third kappa shape index (κ3) is 2.86. The Kier molecular flexibility index (Phi) is 3.50. The lowest BCUT2D eigenvalue weighted by Crippen LogP contribution is -2.24. The maximum atomic E-state index is 10.4. The molecular weight excluding hydrogens is 172 g/mol. The van der Waals surface area contributed by atoms with Crippen LogP contribution < -0.4 is 11.5 Å². The van der Waals surface area contributed by atoms with Crippen molar-refractivity contribution in [2.45, 2.75) is 25.0 Å². The van der Waals surface area contributed by atoms with Gasteiger partial charge in [0, 0.05) is 19.1 Å². The second-order valence-corrected chi connectivity index (χ2v) is 3.40. The molecule has 0 aliphatic heterocycles. The van der Waals surface area contributed by atoms with Crippen LogP contribution in [0.5, 0.6) is 0 Å². The molecule has 0 spiro atoms. The predicted molar refractivity (Wildman–Crippen MR) is 47.0 cm³/mol. The molecule has 5 heteroatoms. The summed E-state index contributed by atoms with van der Waals surface area (Å²) < 4.78 is 9.92. The van der Waals surface area contributed by atoms with Crippen molar-refractivity contribution in [3.63, 3.8) is 0 Å². The van der Waals surface area contributed by atoms with Gasteiger partial charge in [-0.3, -0.25) is 0 Å². The van der Waals surface area contributed by atoms with Crippen molar-refractivity contribution in [1.29, 1.82) is 0 Å². The molecule has 0 heterocycles. The number of nitrogens with two attached hydrogens (primary N) is 2. The first-order valence-electron chi connectivity index (χ1n) is 4.34. The monoisotopic (exact) mass is 188 g/mol. The highest BCUT2D eigenvalue weighted by Gasteiger charge is 2.33. The standard InChI is InChI=1S/C8H16N2O3/c1-12-7-3-6(9)2-5(7)4-13-8(10)11/h5-7H,2-4,9H2,1H3,(H2,10,11)/t5-,6+,7-/m0/s1. The van der Waals surface area contributed by atoms with Gasteiger partial charge in [0.15, 0.2) is 0 Å². The molecule has 1 fully saturated rings. The highest BCUT2D eigenvalue weighted by Crippen LogP contribution is 2.27. The number of hydrogen-bond acceptors (Lipinski definition) is 4. The number of primary amides is 1. The molecule has 1 rings (SSSR count). The number of hydrogen-bond donors (Lipinski definition) is 2. The third-order valence-corrected chi connectivity index (χ3v) is 2.41. The first-order chi connectivity index (χ1) is 6.13. The topological polar surface area (TPSA) is 87.6 Å². The van der Waals surface area contributed by atoms with Gasteiger partial charge in [-0.2, -0.15) is 0 Å². The van der Waals surface area contributed by atoms with Crippen molar-refractivity contribution >= 4 is 6.09 Å². The maximum Gasteiger partial charge on any atom is 0.404 e. The zero-order chi connectivity index (χ0) is 9.84. The Hall–Kier alpha value is -0.810. The van der Waals surface area contributed by atoms with Crippen LogP contribution in [-0.4, -0.2) is 32.0 Å². The molecule has 1 amide bonds. The van der Waals surface area contributed by atoms with Gasteiger partial charge in [-0.25, -0.2) is 4.79 Å². The van der Waals surface area contributed by atoms with Gasteiger partial charge in [0.25, 0.3) is 0 Å². The van der Waals surface area contributed by atoms with Crippen LogP contribution in [0, 0.1) is 5.92 Å². The average molecular weight is 188 g/mol. The molecule has 0 bridgehead atoms. The number of carbonyl (C=O) groups excluding carboxylic acids is 1. The van der Waals surface area contributed by atoms with Crippen molar-refractivity contribution in [3.8, 4) is 0 Å². The van der Waals surface area contributed by atoms with Gasteiger partial charge >= 0.3 is 6.09 Å². The lowest BCUT2D eigenvalue weighted by atomic mass is 10.1. The lowest BCUT2D eigenvalue weighted by Gasteiger charge is -2.16. The number of amides is 1. The highest BCUT2D eigenvalue weighted by molar-refractivity contribution is 5.64. The van der Waals surface area contributed by atoms with Gasteiger partial charge in [-0.15, -0.1) is 0 Å². The van der Waals surface area contributed by atoms with E-state index in [1.165, 1.54) is 0 Å². The molecular formula is C8H16N2O3. The SMILES string of the molecule is CO[C@H]1C[C@H](N)C[C@H]1COC(N)=O. The minimum atomic E-state index is -0.740. The fraction of sp³-hybridized carbons (Fsp3) is 0.875. The summed E-state index contributed by atoms with van der Waals surface area (Å²) in [5.41, 5.74) is 10.6. The molecule has 0 aromatic rings. The van der Waals surface area contributed by atoms with Crippen LogP contribution in [-0.2, 0) is 9.47 Å². The summed E-state index contributed by atoms with van der Waals surface area (Å²) in [5, 5.41) is 0. The van der Waals surface area contributed by atoms with Gasteiger partial charge in [0.05, 0.1) is 12.7 Å². The summed E-state index contributed by atoms with van der Waals surface area (Å²) in [6, 6.07) is 0.145. The second-order valence-electron chi connectivity index (χ2n) is 3.40. The zero-order valence-electron chi connectivity index (χ0n) is 7.73. The molecule has 5 nitrogen and oxygen atoms in total. The minimum Gasteiger partial charge on any atom is -0.449 e. The van der Waals surface area contributed by atoms with Crippen molar-refractivity contribution in [1.82, 2.24) is 0 Å². The molecule has 0 unspecified atom stereocenters. The smallest absolute Gasteiger partial charge is 0.404 e. The average Bonchev–Trinajstić information content (AvgIpc) is 2.42. The van der Waals surface area contributed by atoms with Gasteiger partial charge in [0.2, 0.25) is 0 Å². The van der Waals surface area contributed by atoms with E-state index in [0.29, 0.717) is 6.61 Å².